The molecule has 1 saturated heterocycles. The summed E-state index contributed by atoms with van der Waals surface area (Å²) in [5.74, 6) is 0.496. The SMILES string of the molecule is Cc1ncc(C(=O)Nc2ccc(N3CCCC3)cc2)c(C)n1. The van der Waals surface area contributed by atoms with Gasteiger partial charge in [-0.3, -0.25) is 4.79 Å². The van der Waals surface area contributed by atoms with Gasteiger partial charge in [-0.15, -0.1) is 0 Å². The maximum Gasteiger partial charge on any atom is 0.259 e. The van der Waals surface area contributed by atoms with Crippen molar-refractivity contribution in [3.8, 4) is 0 Å². The van der Waals surface area contributed by atoms with Crippen molar-refractivity contribution in [1.29, 1.82) is 0 Å². The maximum absolute atomic E-state index is 12.3. The number of rotatable bonds is 3. The number of hydrogen-bond donors (Lipinski definition) is 1. The van der Waals surface area contributed by atoms with Crippen molar-refractivity contribution in [2.24, 2.45) is 0 Å². The molecule has 0 atom stereocenters. The average Bonchev–Trinajstić information content (AvgIpc) is 3.02. The summed E-state index contributed by atoms with van der Waals surface area (Å²) in [5.41, 5.74) is 3.20. The first-order valence-corrected chi connectivity index (χ1v) is 7.60. The van der Waals surface area contributed by atoms with Gasteiger partial charge in [-0.2, -0.15) is 0 Å². The molecule has 2 aromatic rings. The molecule has 0 spiro atoms. The van der Waals surface area contributed by atoms with Gasteiger partial charge in [0, 0.05) is 30.7 Å². The second-order valence-electron chi connectivity index (χ2n) is 5.61. The van der Waals surface area contributed by atoms with Crippen LogP contribution in [0, 0.1) is 13.8 Å². The summed E-state index contributed by atoms with van der Waals surface area (Å²) in [4.78, 5) is 23.0. The number of aromatic nitrogens is 2. The van der Waals surface area contributed by atoms with E-state index < -0.39 is 0 Å². The van der Waals surface area contributed by atoms with Crippen molar-refractivity contribution in [1.82, 2.24) is 9.97 Å². The predicted molar refractivity (Wildman–Crippen MR) is 87.3 cm³/mol. The molecule has 3 rings (SSSR count). The highest BCUT2D eigenvalue weighted by Gasteiger charge is 2.13. The van der Waals surface area contributed by atoms with E-state index in [0.717, 1.165) is 18.8 Å². The van der Waals surface area contributed by atoms with E-state index >= 15 is 0 Å². The zero-order chi connectivity index (χ0) is 15.5. The van der Waals surface area contributed by atoms with Crippen LogP contribution in [0.5, 0.6) is 0 Å². The van der Waals surface area contributed by atoms with Crippen molar-refractivity contribution in [3.05, 3.63) is 47.5 Å². The quantitative estimate of drug-likeness (QED) is 0.946. The molecule has 1 aliphatic rings. The summed E-state index contributed by atoms with van der Waals surface area (Å²) >= 11 is 0. The number of hydrogen-bond acceptors (Lipinski definition) is 4. The van der Waals surface area contributed by atoms with Crippen molar-refractivity contribution in [2.45, 2.75) is 26.7 Å². The molecular weight excluding hydrogens is 276 g/mol. The second-order valence-corrected chi connectivity index (χ2v) is 5.61. The molecule has 1 aliphatic heterocycles. The van der Waals surface area contributed by atoms with Gasteiger partial charge in [0.05, 0.1) is 11.3 Å². The van der Waals surface area contributed by atoms with E-state index in [1.807, 2.05) is 26.0 Å². The summed E-state index contributed by atoms with van der Waals surface area (Å²) in [6.45, 7) is 5.86. The predicted octanol–water partition coefficient (Wildman–Crippen LogP) is 2.95. The molecule has 1 amide bonds. The monoisotopic (exact) mass is 296 g/mol. The van der Waals surface area contributed by atoms with Crippen LogP contribution in [0.25, 0.3) is 0 Å². The van der Waals surface area contributed by atoms with Gasteiger partial charge in [-0.05, 0) is 51.0 Å². The average molecular weight is 296 g/mol. The van der Waals surface area contributed by atoms with E-state index in [0.29, 0.717) is 17.1 Å². The normalized spacial score (nSPS) is 14.2. The van der Waals surface area contributed by atoms with E-state index in [1.54, 1.807) is 6.20 Å². The first-order chi connectivity index (χ1) is 10.6. The summed E-state index contributed by atoms with van der Waals surface area (Å²) in [6.07, 6.45) is 4.09. The summed E-state index contributed by atoms with van der Waals surface area (Å²) in [7, 11) is 0. The Morgan fingerprint density at radius 3 is 2.45 bits per heavy atom. The Balaban J connectivity index is 1.71. The maximum atomic E-state index is 12.3. The number of nitrogens with one attached hydrogen (secondary N) is 1. The molecule has 1 aromatic heterocycles. The van der Waals surface area contributed by atoms with Crippen molar-refractivity contribution in [2.75, 3.05) is 23.3 Å². The molecule has 5 nitrogen and oxygen atoms in total. The lowest BCUT2D eigenvalue weighted by molar-refractivity contribution is 0.102. The number of nitrogens with zero attached hydrogens (tertiary/aromatic N) is 3. The molecule has 1 fully saturated rings. The number of benzene rings is 1. The van der Waals surface area contributed by atoms with E-state index in [-0.39, 0.29) is 5.91 Å². The highest BCUT2D eigenvalue weighted by Crippen LogP contribution is 2.22. The molecule has 0 unspecified atom stereocenters. The molecule has 1 aromatic carbocycles. The van der Waals surface area contributed by atoms with Gasteiger partial charge >= 0.3 is 0 Å². The molecule has 0 bridgehead atoms. The Morgan fingerprint density at radius 2 is 1.82 bits per heavy atom. The van der Waals surface area contributed by atoms with Gasteiger partial charge in [0.1, 0.15) is 5.82 Å². The molecule has 2 heterocycles. The molecule has 0 saturated carbocycles. The molecule has 1 N–H and O–H groups in total. The largest absolute Gasteiger partial charge is 0.372 e. The molecule has 0 aliphatic carbocycles. The Bertz CT molecular complexity index is 676. The van der Waals surface area contributed by atoms with Gasteiger partial charge < -0.3 is 10.2 Å². The zero-order valence-corrected chi connectivity index (χ0v) is 13.0. The fourth-order valence-electron chi connectivity index (χ4n) is 2.74. The Kier molecular flexibility index (Phi) is 4.04. The van der Waals surface area contributed by atoms with Crippen LogP contribution in [0.4, 0.5) is 11.4 Å². The Labute approximate surface area is 130 Å². The van der Waals surface area contributed by atoms with Crippen LogP contribution in [0.2, 0.25) is 0 Å². The molecule has 114 valence electrons. The number of amides is 1. The number of carbonyl (C=O) groups is 1. The second kappa shape index (κ2) is 6.13. The third-order valence-electron chi connectivity index (χ3n) is 3.94. The van der Waals surface area contributed by atoms with E-state index in [1.165, 1.54) is 18.5 Å². The minimum atomic E-state index is -0.175. The number of carbonyl (C=O) groups excluding carboxylic acids is 1. The van der Waals surface area contributed by atoms with Gasteiger partial charge in [0.2, 0.25) is 0 Å². The molecule has 0 radical (unpaired) electrons. The van der Waals surface area contributed by atoms with Crippen molar-refractivity contribution < 1.29 is 4.79 Å². The first kappa shape index (κ1) is 14.5. The van der Waals surface area contributed by atoms with Crippen LogP contribution in [-0.4, -0.2) is 29.0 Å². The van der Waals surface area contributed by atoms with Crippen LogP contribution in [0.1, 0.15) is 34.7 Å². The van der Waals surface area contributed by atoms with Crippen molar-refractivity contribution in [3.63, 3.8) is 0 Å². The molecule has 22 heavy (non-hydrogen) atoms. The smallest absolute Gasteiger partial charge is 0.259 e. The topological polar surface area (TPSA) is 58.1 Å². The minimum Gasteiger partial charge on any atom is -0.372 e. The van der Waals surface area contributed by atoms with Crippen LogP contribution >= 0.6 is 0 Å². The standard InChI is InChI=1S/C17H20N4O/c1-12-16(11-18-13(2)19-12)17(22)20-14-5-7-15(8-6-14)21-9-3-4-10-21/h5-8,11H,3-4,9-10H2,1-2H3,(H,20,22). The number of anilines is 2. The summed E-state index contributed by atoms with van der Waals surface area (Å²) < 4.78 is 0. The fraction of sp³-hybridized carbons (Fsp3) is 0.353. The number of aryl methyl sites for hydroxylation is 2. The third kappa shape index (κ3) is 3.08. The fourth-order valence-corrected chi connectivity index (χ4v) is 2.74. The van der Waals surface area contributed by atoms with Gasteiger partial charge in [-0.1, -0.05) is 0 Å². The lowest BCUT2D eigenvalue weighted by Gasteiger charge is -2.17. The lowest BCUT2D eigenvalue weighted by Crippen LogP contribution is -2.18. The van der Waals surface area contributed by atoms with Crippen LogP contribution in [0.15, 0.2) is 30.5 Å². The first-order valence-electron chi connectivity index (χ1n) is 7.60. The van der Waals surface area contributed by atoms with E-state index in [4.69, 9.17) is 0 Å². The van der Waals surface area contributed by atoms with E-state index in [9.17, 15) is 4.79 Å². The van der Waals surface area contributed by atoms with Gasteiger partial charge in [0.15, 0.2) is 0 Å². The highest BCUT2D eigenvalue weighted by atomic mass is 16.1. The van der Waals surface area contributed by atoms with E-state index in [2.05, 4.69) is 32.3 Å². The third-order valence-corrected chi connectivity index (χ3v) is 3.94. The van der Waals surface area contributed by atoms with Crippen LogP contribution < -0.4 is 10.2 Å². The minimum absolute atomic E-state index is 0.175. The summed E-state index contributed by atoms with van der Waals surface area (Å²) in [6, 6.07) is 7.99. The van der Waals surface area contributed by atoms with Gasteiger partial charge in [-0.25, -0.2) is 9.97 Å². The molecule has 5 heteroatoms. The Morgan fingerprint density at radius 1 is 1.14 bits per heavy atom. The van der Waals surface area contributed by atoms with Gasteiger partial charge in [0.25, 0.3) is 5.91 Å². The van der Waals surface area contributed by atoms with Crippen LogP contribution in [-0.2, 0) is 0 Å². The summed E-state index contributed by atoms with van der Waals surface area (Å²) in [5, 5.41) is 2.90. The molecular formula is C17H20N4O. The highest BCUT2D eigenvalue weighted by molar-refractivity contribution is 6.04. The van der Waals surface area contributed by atoms with Crippen molar-refractivity contribution >= 4 is 17.3 Å². The Hall–Kier alpha value is -2.43. The lowest BCUT2D eigenvalue weighted by atomic mass is 10.2. The van der Waals surface area contributed by atoms with Crippen LogP contribution in [0.3, 0.4) is 0 Å². The zero-order valence-electron chi connectivity index (χ0n) is 13.0.